The number of halogens is 3. The summed E-state index contributed by atoms with van der Waals surface area (Å²) in [6.07, 6.45) is -1.53. The molecule has 2 heterocycles. The fourth-order valence-corrected chi connectivity index (χ4v) is 3.77. The number of imide groups is 1. The van der Waals surface area contributed by atoms with Crippen LogP contribution in [-0.4, -0.2) is 33.9 Å². The molecule has 0 bridgehead atoms. The number of rotatable bonds is 4. The highest BCUT2D eigenvalue weighted by molar-refractivity contribution is 6.32. The van der Waals surface area contributed by atoms with Crippen molar-refractivity contribution in [1.29, 1.82) is 0 Å². The molecule has 1 aromatic heterocycles. The Morgan fingerprint density at radius 2 is 1.90 bits per heavy atom. The minimum Gasteiger partial charge on any atom is -0.406 e. The average Bonchev–Trinajstić information content (AvgIpc) is 3.28. The summed E-state index contributed by atoms with van der Waals surface area (Å²) >= 11 is 0. The maximum atomic E-state index is 13.2. The van der Waals surface area contributed by atoms with Crippen molar-refractivity contribution < 1.29 is 32.6 Å². The Balaban J connectivity index is 1.72. The van der Waals surface area contributed by atoms with E-state index in [9.17, 15) is 27.9 Å². The average molecular weight is 407 g/mol. The molecule has 10 heteroatoms. The molecule has 7 nitrogen and oxygen atoms in total. The Morgan fingerprint density at radius 3 is 2.45 bits per heavy atom. The van der Waals surface area contributed by atoms with Gasteiger partial charge in [-0.05, 0) is 42.7 Å². The van der Waals surface area contributed by atoms with Gasteiger partial charge in [0, 0.05) is 18.0 Å². The molecule has 2 aromatic rings. The first-order chi connectivity index (χ1) is 13.7. The van der Waals surface area contributed by atoms with Crippen LogP contribution in [0.2, 0.25) is 0 Å². The molecular weight excluding hydrogens is 391 g/mol. The molecule has 1 N–H and O–H groups in total. The highest BCUT2D eigenvalue weighted by Crippen LogP contribution is 2.55. The van der Waals surface area contributed by atoms with Gasteiger partial charge in [0.15, 0.2) is 0 Å². The van der Waals surface area contributed by atoms with Crippen molar-refractivity contribution in [2.24, 2.45) is 5.92 Å². The monoisotopic (exact) mass is 407 g/mol. The fourth-order valence-electron chi connectivity index (χ4n) is 3.77. The number of anilines is 2. The van der Waals surface area contributed by atoms with E-state index in [1.54, 1.807) is 6.07 Å². The van der Waals surface area contributed by atoms with Crippen LogP contribution in [0.5, 0.6) is 5.75 Å². The van der Waals surface area contributed by atoms with E-state index in [2.05, 4.69) is 9.72 Å². The second-order valence-corrected chi connectivity index (χ2v) is 6.99. The van der Waals surface area contributed by atoms with Crippen LogP contribution in [0, 0.1) is 5.92 Å². The Labute approximate surface area is 163 Å². The number of carbonyl (C=O) groups is 2. The van der Waals surface area contributed by atoms with Crippen molar-refractivity contribution in [3.63, 3.8) is 0 Å². The standard InChI is InChI=1S/C19H16F3N3O4/c1-11-8-18(11)16(27)24(13-2-4-14(5-3-13)29-19(20,21)22)17(28)25(18)15-6-7-23-9-12(15)10-26/h2-7,9,11,26H,8,10H2,1H3. The van der Waals surface area contributed by atoms with Gasteiger partial charge in [-0.1, -0.05) is 6.92 Å². The lowest BCUT2D eigenvalue weighted by atomic mass is 10.1. The van der Waals surface area contributed by atoms with Gasteiger partial charge in [-0.15, -0.1) is 13.2 Å². The second-order valence-electron chi connectivity index (χ2n) is 6.99. The zero-order valence-corrected chi connectivity index (χ0v) is 15.2. The molecule has 2 atom stereocenters. The molecule has 1 aliphatic carbocycles. The maximum absolute atomic E-state index is 13.2. The molecular formula is C19H16F3N3O4. The highest BCUT2D eigenvalue weighted by atomic mass is 19.4. The third kappa shape index (κ3) is 3.00. The van der Waals surface area contributed by atoms with Crippen LogP contribution in [0.4, 0.5) is 29.3 Å². The predicted octanol–water partition coefficient (Wildman–Crippen LogP) is 3.22. The summed E-state index contributed by atoms with van der Waals surface area (Å²) in [6, 6.07) is 5.44. The summed E-state index contributed by atoms with van der Waals surface area (Å²) in [4.78, 5) is 32.6. The number of pyridine rings is 1. The zero-order chi connectivity index (χ0) is 21.0. The van der Waals surface area contributed by atoms with Crippen LogP contribution in [0.15, 0.2) is 42.7 Å². The maximum Gasteiger partial charge on any atom is 0.573 e. The highest BCUT2D eigenvalue weighted by Gasteiger charge is 2.70. The van der Waals surface area contributed by atoms with Gasteiger partial charge in [0.05, 0.1) is 18.0 Å². The van der Waals surface area contributed by atoms with E-state index in [1.165, 1.54) is 29.4 Å². The lowest BCUT2D eigenvalue weighted by molar-refractivity contribution is -0.274. The minimum absolute atomic E-state index is 0.114. The lowest BCUT2D eigenvalue weighted by Crippen LogP contribution is -2.39. The molecule has 152 valence electrons. The first-order valence-electron chi connectivity index (χ1n) is 8.77. The molecule has 29 heavy (non-hydrogen) atoms. The number of carbonyl (C=O) groups excluding carboxylic acids is 2. The molecule has 1 saturated carbocycles. The molecule has 4 rings (SSSR count). The first-order valence-corrected chi connectivity index (χ1v) is 8.77. The third-order valence-corrected chi connectivity index (χ3v) is 5.25. The van der Waals surface area contributed by atoms with Gasteiger partial charge in [0.25, 0.3) is 5.91 Å². The molecule has 1 aliphatic heterocycles. The zero-order valence-electron chi connectivity index (χ0n) is 15.2. The van der Waals surface area contributed by atoms with Crippen molar-refractivity contribution >= 4 is 23.3 Å². The Kier molecular flexibility index (Phi) is 4.26. The number of aliphatic hydroxyl groups is 1. The van der Waals surface area contributed by atoms with Gasteiger partial charge >= 0.3 is 12.4 Å². The van der Waals surface area contributed by atoms with E-state index in [4.69, 9.17) is 0 Å². The van der Waals surface area contributed by atoms with Gasteiger partial charge in [0.2, 0.25) is 0 Å². The van der Waals surface area contributed by atoms with Crippen molar-refractivity contribution in [3.8, 4) is 5.75 Å². The summed E-state index contributed by atoms with van der Waals surface area (Å²) in [5.41, 5.74) is -0.175. The van der Waals surface area contributed by atoms with Crippen molar-refractivity contribution in [2.75, 3.05) is 9.80 Å². The number of hydrogen-bond acceptors (Lipinski definition) is 5. The van der Waals surface area contributed by atoms with E-state index >= 15 is 0 Å². The van der Waals surface area contributed by atoms with E-state index in [0.29, 0.717) is 17.7 Å². The number of hydrogen-bond donors (Lipinski definition) is 1. The molecule has 2 unspecified atom stereocenters. The van der Waals surface area contributed by atoms with Crippen molar-refractivity contribution in [3.05, 3.63) is 48.3 Å². The fraction of sp³-hybridized carbons (Fsp3) is 0.316. The molecule has 2 fully saturated rings. The van der Waals surface area contributed by atoms with Crippen molar-refractivity contribution in [1.82, 2.24) is 4.98 Å². The van der Waals surface area contributed by atoms with Crippen LogP contribution in [0.25, 0.3) is 0 Å². The Bertz CT molecular complexity index is 979. The largest absolute Gasteiger partial charge is 0.573 e. The summed E-state index contributed by atoms with van der Waals surface area (Å²) < 4.78 is 40.9. The van der Waals surface area contributed by atoms with Gasteiger partial charge in [-0.25, -0.2) is 9.69 Å². The van der Waals surface area contributed by atoms with E-state index in [0.717, 1.165) is 17.0 Å². The number of aromatic nitrogens is 1. The summed E-state index contributed by atoms with van der Waals surface area (Å²) in [5, 5.41) is 9.61. The molecule has 1 spiro atoms. The van der Waals surface area contributed by atoms with E-state index in [1.807, 2.05) is 6.92 Å². The third-order valence-electron chi connectivity index (χ3n) is 5.25. The SMILES string of the molecule is CC1CC12C(=O)N(c1ccc(OC(F)(F)F)cc1)C(=O)N2c1ccncc1CO. The minimum atomic E-state index is -4.84. The lowest BCUT2D eigenvalue weighted by Gasteiger charge is -2.24. The smallest absolute Gasteiger partial charge is 0.406 e. The van der Waals surface area contributed by atoms with E-state index in [-0.39, 0.29) is 18.2 Å². The van der Waals surface area contributed by atoms with Crippen molar-refractivity contribution in [2.45, 2.75) is 31.9 Å². The number of ether oxygens (including phenoxy) is 1. The molecule has 0 radical (unpaired) electrons. The van der Waals surface area contributed by atoms with Gasteiger partial charge in [-0.2, -0.15) is 0 Å². The van der Waals surface area contributed by atoms with Crippen LogP contribution in [-0.2, 0) is 11.4 Å². The topological polar surface area (TPSA) is 83.0 Å². The Hall–Kier alpha value is -3.14. The van der Waals surface area contributed by atoms with Gasteiger partial charge in [0.1, 0.15) is 11.3 Å². The number of urea groups is 1. The van der Waals surface area contributed by atoms with Gasteiger partial charge < -0.3 is 9.84 Å². The normalized spacial score (nSPS) is 23.8. The molecule has 1 saturated heterocycles. The number of aliphatic hydroxyl groups excluding tert-OH is 1. The van der Waals surface area contributed by atoms with Gasteiger partial charge in [-0.3, -0.25) is 14.7 Å². The molecule has 3 amide bonds. The van der Waals surface area contributed by atoms with Crippen LogP contribution < -0.4 is 14.5 Å². The van der Waals surface area contributed by atoms with E-state index < -0.39 is 29.6 Å². The quantitative estimate of drug-likeness (QED) is 0.787. The van der Waals surface area contributed by atoms with Crippen LogP contribution in [0.1, 0.15) is 18.9 Å². The summed E-state index contributed by atoms with van der Waals surface area (Å²) in [5.74, 6) is -1.03. The Morgan fingerprint density at radius 1 is 1.24 bits per heavy atom. The number of amides is 3. The molecule has 2 aliphatic rings. The number of benzene rings is 1. The van der Waals surface area contributed by atoms with Crippen LogP contribution >= 0.6 is 0 Å². The number of nitrogens with zero attached hydrogens (tertiary/aromatic N) is 3. The second kappa shape index (κ2) is 6.45. The predicted molar refractivity (Wildman–Crippen MR) is 95.2 cm³/mol. The van der Waals surface area contributed by atoms with Crippen LogP contribution in [0.3, 0.4) is 0 Å². The first kappa shape index (κ1) is 19.2. The molecule has 1 aromatic carbocycles. The number of alkyl halides is 3. The summed E-state index contributed by atoms with van der Waals surface area (Å²) in [7, 11) is 0. The summed E-state index contributed by atoms with van der Waals surface area (Å²) in [6.45, 7) is 1.47.